The molecule has 1 aliphatic heterocycles. The lowest BCUT2D eigenvalue weighted by molar-refractivity contribution is 0.0588. The summed E-state index contributed by atoms with van der Waals surface area (Å²) in [6.45, 7) is 2.80. The highest BCUT2D eigenvalue weighted by Crippen LogP contribution is 2.20. The zero-order valence-corrected chi connectivity index (χ0v) is 15.7. The van der Waals surface area contributed by atoms with Crippen molar-refractivity contribution >= 4 is 23.3 Å². The fourth-order valence-electron chi connectivity index (χ4n) is 2.90. The molecular formula is C20H21ClFN3O2. The van der Waals surface area contributed by atoms with Gasteiger partial charge in [0, 0.05) is 23.6 Å². The van der Waals surface area contributed by atoms with E-state index in [0.717, 1.165) is 11.3 Å². The lowest BCUT2D eigenvalue weighted by Gasteiger charge is -2.25. The summed E-state index contributed by atoms with van der Waals surface area (Å²) in [6.07, 6.45) is 0.277. The summed E-state index contributed by atoms with van der Waals surface area (Å²) in [7, 11) is 0. The minimum absolute atomic E-state index is 0.161. The van der Waals surface area contributed by atoms with Crippen LogP contribution >= 0.6 is 11.6 Å². The Kier molecular flexibility index (Phi) is 6.29. The first-order chi connectivity index (χ1) is 13.1. The van der Waals surface area contributed by atoms with Crippen LogP contribution in [0.3, 0.4) is 0 Å². The fraction of sp³-hybridized carbons (Fsp3) is 0.300. The molecule has 1 aliphatic rings. The Hall–Kier alpha value is -2.60. The van der Waals surface area contributed by atoms with Gasteiger partial charge in [-0.2, -0.15) is 0 Å². The maximum Gasteiger partial charge on any atom is 0.317 e. The van der Waals surface area contributed by atoms with E-state index in [-0.39, 0.29) is 24.5 Å². The van der Waals surface area contributed by atoms with Crippen LogP contribution in [0.5, 0.6) is 0 Å². The van der Waals surface area contributed by atoms with Crippen LogP contribution in [0.25, 0.3) is 0 Å². The molecule has 1 atom stereocenters. The van der Waals surface area contributed by atoms with E-state index in [1.54, 1.807) is 35.2 Å². The lowest BCUT2D eigenvalue weighted by atomic mass is 10.0. The molecule has 2 aromatic carbocycles. The third kappa shape index (κ3) is 4.98. The molecule has 0 spiro atoms. The molecule has 0 bridgehead atoms. The fourth-order valence-corrected chi connectivity index (χ4v) is 3.03. The van der Waals surface area contributed by atoms with Gasteiger partial charge < -0.3 is 15.1 Å². The molecule has 0 aromatic heterocycles. The van der Waals surface area contributed by atoms with E-state index in [9.17, 15) is 9.18 Å². The minimum Gasteiger partial charge on any atom is -0.390 e. The molecule has 0 aliphatic carbocycles. The number of nitrogens with zero attached hydrogens (tertiary/aromatic N) is 2. The van der Waals surface area contributed by atoms with Crippen molar-refractivity contribution in [3.8, 4) is 0 Å². The summed E-state index contributed by atoms with van der Waals surface area (Å²) in [6, 6.07) is 13.5. The van der Waals surface area contributed by atoms with Crippen molar-refractivity contribution in [2.24, 2.45) is 5.16 Å². The number of oxime groups is 1. The van der Waals surface area contributed by atoms with Gasteiger partial charge in [0.25, 0.3) is 0 Å². The minimum atomic E-state index is -0.336. The summed E-state index contributed by atoms with van der Waals surface area (Å²) >= 11 is 5.92. The molecule has 1 N–H and O–H groups in total. The molecule has 3 rings (SSSR count). The Labute approximate surface area is 162 Å². The molecule has 27 heavy (non-hydrogen) atoms. The molecule has 0 fully saturated rings. The van der Waals surface area contributed by atoms with Gasteiger partial charge in [0.2, 0.25) is 0 Å². The number of urea groups is 1. The smallest absolute Gasteiger partial charge is 0.317 e. The SMILES string of the molecule is CCNC(=O)N(Cc1ccccc1F)C[C@@H]1CC(c2ccc(Cl)cc2)=NO1. The van der Waals surface area contributed by atoms with Gasteiger partial charge in [0.05, 0.1) is 18.8 Å². The van der Waals surface area contributed by atoms with E-state index in [4.69, 9.17) is 16.4 Å². The Morgan fingerprint density at radius 3 is 2.74 bits per heavy atom. The first-order valence-electron chi connectivity index (χ1n) is 8.81. The maximum atomic E-state index is 14.0. The van der Waals surface area contributed by atoms with E-state index in [0.29, 0.717) is 30.1 Å². The zero-order chi connectivity index (χ0) is 19.2. The third-order valence-corrected chi connectivity index (χ3v) is 4.52. The molecule has 0 radical (unpaired) electrons. The highest BCUT2D eigenvalue weighted by molar-refractivity contribution is 6.30. The van der Waals surface area contributed by atoms with E-state index in [1.807, 2.05) is 19.1 Å². The molecule has 5 nitrogen and oxygen atoms in total. The summed E-state index contributed by atoms with van der Waals surface area (Å²) in [5.41, 5.74) is 2.19. The van der Waals surface area contributed by atoms with Crippen molar-refractivity contribution in [1.82, 2.24) is 10.2 Å². The van der Waals surface area contributed by atoms with E-state index in [1.165, 1.54) is 6.07 Å². The monoisotopic (exact) mass is 389 g/mol. The number of hydrogen-bond donors (Lipinski definition) is 1. The number of benzene rings is 2. The lowest BCUT2D eigenvalue weighted by Crippen LogP contribution is -2.43. The number of hydrogen-bond acceptors (Lipinski definition) is 3. The van der Waals surface area contributed by atoms with Crippen molar-refractivity contribution in [3.05, 3.63) is 70.5 Å². The third-order valence-electron chi connectivity index (χ3n) is 4.27. The Bertz CT molecular complexity index is 826. The molecule has 2 amide bonds. The van der Waals surface area contributed by atoms with E-state index >= 15 is 0 Å². The normalized spacial score (nSPS) is 15.8. The van der Waals surface area contributed by atoms with E-state index < -0.39 is 0 Å². The molecule has 0 saturated carbocycles. The van der Waals surface area contributed by atoms with Gasteiger partial charge in [0.1, 0.15) is 5.82 Å². The van der Waals surface area contributed by atoms with Crippen LogP contribution < -0.4 is 5.32 Å². The molecular weight excluding hydrogens is 369 g/mol. The highest BCUT2D eigenvalue weighted by Gasteiger charge is 2.27. The van der Waals surface area contributed by atoms with Crippen LogP contribution in [0.1, 0.15) is 24.5 Å². The summed E-state index contributed by atoms with van der Waals surface area (Å²) in [5.74, 6) is -0.336. The number of carbonyl (C=O) groups excluding carboxylic acids is 1. The second-order valence-corrected chi connectivity index (χ2v) is 6.72. The summed E-state index contributed by atoms with van der Waals surface area (Å²) in [4.78, 5) is 19.5. The largest absolute Gasteiger partial charge is 0.390 e. The predicted octanol–water partition coefficient (Wildman–Crippen LogP) is 4.20. The maximum absolute atomic E-state index is 14.0. The van der Waals surface area contributed by atoms with Crippen LogP contribution in [0.15, 0.2) is 53.7 Å². The number of rotatable bonds is 6. The van der Waals surface area contributed by atoms with Gasteiger partial charge in [-0.3, -0.25) is 0 Å². The second kappa shape index (κ2) is 8.86. The first kappa shape index (κ1) is 19.2. The molecule has 0 saturated heterocycles. The number of nitrogens with one attached hydrogen (secondary N) is 1. The number of carbonyl (C=O) groups is 1. The number of amides is 2. The van der Waals surface area contributed by atoms with Crippen molar-refractivity contribution in [2.75, 3.05) is 13.1 Å². The average Bonchev–Trinajstić information content (AvgIpc) is 3.12. The van der Waals surface area contributed by atoms with Gasteiger partial charge in [-0.1, -0.05) is 47.1 Å². The van der Waals surface area contributed by atoms with Crippen molar-refractivity contribution in [2.45, 2.75) is 26.0 Å². The second-order valence-electron chi connectivity index (χ2n) is 6.28. The quantitative estimate of drug-likeness (QED) is 0.804. The van der Waals surface area contributed by atoms with Crippen molar-refractivity contribution in [1.29, 1.82) is 0 Å². The highest BCUT2D eigenvalue weighted by atomic mass is 35.5. The zero-order valence-electron chi connectivity index (χ0n) is 15.0. The molecule has 7 heteroatoms. The van der Waals surface area contributed by atoms with Crippen molar-refractivity contribution < 1.29 is 14.0 Å². The van der Waals surface area contributed by atoms with Gasteiger partial charge in [-0.05, 0) is 30.7 Å². The first-order valence-corrected chi connectivity index (χ1v) is 9.19. The van der Waals surface area contributed by atoms with E-state index in [2.05, 4.69) is 10.5 Å². The Morgan fingerprint density at radius 2 is 2.04 bits per heavy atom. The van der Waals surface area contributed by atoms with Crippen LogP contribution in [-0.2, 0) is 11.4 Å². The molecule has 1 heterocycles. The number of halogens is 2. The average molecular weight is 390 g/mol. The standard InChI is InChI=1S/C20H21ClFN3O2/c1-2-23-20(26)25(12-15-5-3-4-6-18(15)22)13-17-11-19(24-27-17)14-7-9-16(21)10-8-14/h3-10,17H,2,11-13H2,1H3,(H,23,26)/t17-/m0/s1. The van der Waals surface area contributed by atoms with Gasteiger partial charge >= 0.3 is 6.03 Å². The van der Waals surface area contributed by atoms with Crippen LogP contribution in [0.2, 0.25) is 5.02 Å². The molecule has 142 valence electrons. The van der Waals surface area contributed by atoms with Crippen molar-refractivity contribution in [3.63, 3.8) is 0 Å². The topological polar surface area (TPSA) is 53.9 Å². The van der Waals surface area contributed by atoms with Crippen LogP contribution in [0, 0.1) is 5.82 Å². The Balaban J connectivity index is 1.67. The van der Waals surface area contributed by atoms with Gasteiger partial charge in [-0.25, -0.2) is 9.18 Å². The van der Waals surface area contributed by atoms with Crippen LogP contribution in [0.4, 0.5) is 9.18 Å². The molecule has 2 aromatic rings. The summed E-state index contributed by atoms with van der Waals surface area (Å²) < 4.78 is 14.0. The Morgan fingerprint density at radius 1 is 1.30 bits per heavy atom. The van der Waals surface area contributed by atoms with Gasteiger partial charge in [0.15, 0.2) is 6.10 Å². The summed E-state index contributed by atoms with van der Waals surface area (Å²) in [5, 5.41) is 7.56. The predicted molar refractivity (Wildman–Crippen MR) is 103 cm³/mol. The molecule has 0 unspecified atom stereocenters. The van der Waals surface area contributed by atoms with Crippen LogP contribution in [-0.4, -0.2) is 35.8 Å². The van der Waals surface area contributed by atoms with Gasteiger partial charge in [-0.15, -0.1) is 0 Å².